The van der Waals surface area contributed by atoms with Crippen LogP contribution in [0.15, 0.2) is 42.5 Å². The third-order valence-electron chi connectivity index (χ3n) is 3.66. The lowest BCUT2D eigenvalue weighted by atomic mass is 10.1. The van der Waals surface area contributed by atoms with E-state index in [9.17, 15) is 0 Å². The van der Waals surface area contributed by atoms with E-state index in [0.717, 1.165) is 29.2 Å². The molecule has 0 aliphatic heterocycles. The van der Waals surface area contributed by atoms with Crippen molar-refractivity contribution in [3.63, 3.8) is 0 Å². The van der Waals surface area contributed by atoms with Gasteiger partial charge in [-0.05, 0) is 55.2 Å². The fourth-order valence-electron chi connectivity index (χ4n) is 2.42. The molecule has 2 aromatic rings. The molecule has 0 heterocycles. The molecule has 112 valence electrons. The molecule has 0 spiro atoms. The maximum atomic E-state index is 6.43. The largest absolute Gasteiger partial charge is 0.343 e. The highest BCUT2D eigenvalue weighted by atomic mass is 35.5. The molecule has 0 radical (unpaired) electrons. The number of rotatable bonds is 5. The van der Waals surface area contributed by atoms with Crippen LogP contribution in [0.4, 0.5) is 11.4 Å². The summed E-state index contributed by atoms with van der Waals surface area (Å²) < 4.78 is 0. The molecular weight excluding hydrogens is 280 g/mol. The van der Waals surface area contributed by atoms with Crippen LogP contribution < -0.4 is 10.6 Å². The molecule has 0 amide bonds. The number of nitrogens with two attached hydrogens (primary N) is 1. The number of benzene rings is 2. The SMILES string of the molecule is CCc1ccc(N(C)c2ccc(CC(C)N)cc2Cl)cc1. The molecule has 2 nitrogen and oxygen atoms in total. The third kappa shape index (κ3) is 3.99. The van der Waals surface area contributed by atoms with Crippen molar-refractivity contribution in [2.45, 2.75) is 32.7 Å². The van der Waals surface area contributed by atoms with E-state index < -0.39 is 0 Å². The number of nitrogens with zero attached hydrogens (tertiary/aromatic N) is 1. The zero-order valence-electron chi connectivity index (χ0n) is 12.9. The van der Waals surface area contributed by atoms with Crippen LogP contribution in [0.25, 0.3) is 0 Å². The zero-order chi connectivity index (χ0) is 15.4. The molecule has 21 heavy (non-hydrogen) atoms. The first kappa shape index (κ1) is 15.9. The number of aryl methyl sites for hydroxylation is 1. The Labute approximate surface area is 132 Å². The lowest BCUT2D eigenvalue weighted by molar-refractivity contribution is 0.738. The standard InChI is InChI=1S/C18H23ClN2/c1-4-14-5-8-16(9-6-14)21(3)18-10-7-15(11-13(2)20)12-17(18)19/h5-10,12-13H,4,11,20H2,1-3H3. The molecular formula is C18H23ClN2. The fraction of sp³-hybridized carbons (Fsp3) is 0.333. The van der Waals surface area contributed by atoms with Crippen molar-refractivity contribution in [3.8, 4) is 0 Å². The monoisotopic (exact) mass is 302 g/mol. The molecule has 3 heteroatoms. The normalized spacial score (nSPS) is 12.2. The molecule has 0 saturated carbocycles. The van der Waals surface area contributed by atoms with Gasteiger partial charge in [0.25, 0.3) is 0 Å². The molecule has 1 unspecified atom stereocenters. The quantitative estimate of drug-likeness (QED) is 0.877. The number of anilines is 2. The van der Waals surface area contributed by atoms with E-state index in [1.54, 1.807) is 0 Å². The summed E-state index contributed by atoms with van der Waals surface area (Å²) >= 11 is 6.43. The number of halogens is 1. The third-order valence-corrected chi connectivity index (χ3v) is 3.97. The van der Waals surface area contributed by atoms with Crippen LogP contribution in [-0.4, -0.2) is 13.1 Å². The van der Waals surface area contributed by atoms with E-state index in [1.165, 1.54) is 11.1 Å². The van der Waals surface area contributed by atoms with Gasteiger partial charge >= 0.3 is 0 Å². The Morgan fingerprint density at radius 3 is 2.24 bits per heavy atom. The average molecular weight is 303 g/mol. The average Bonchev–Trinajstić information content (AvgIpc) is 2.46. The van der Waals surface area contributed by atoms with Crippen LogP contribution in [-0.2, 0) is 12.8 Å². The van der Waals surface area contributed by atoms with Crippen molar-refractivity contribution in [2.24, 2.45) is 5.73 Å². The van der Waals surface area contributed by atoms with Crippen molar-refractivity contribution in [2.75, 3.05) is 11.9 Å². The van der Waals surface area contributed by atoms with Gasteiger partial charge in [-0.1, -0.05) is 36.7 Å². The molecule has 0 bridgehead atoms. The number of hydrogen-bond donors (Lipinski definition) is 1. The second kappa shape index (κ2) is 6.97. The van der Waals surface area contributed by atoms with Crippen LogP contribution in [0.2, 0.25) is 5.02 Å². The van der Waals surface area contributed by atoms with E-state index in [2.05, 4.69) is 48.2 Å². The zero-order valence-corrected chi connectivity index (χ0v) is 13.7. The highest BCUT2D eigenvalue weighted by Crippen LogP contribution is 2.31. The Morgan fingerprint density at radius 2 is 1.71 bits per heavy atom. The molecule has 2 rings (SSSR count). The Bertz CT molecular complexity index is 591. The van der Waals surface area contributed by atoms with Gasteiger partial charge < -0.3 is 10.6 Å². The van der Waals surface area contributed by atoms with E-state index in [1.807, 2.05) is 20.0 Å². The minimum atomic E-state index is 0.145. The van der Waals surface area contributed by atoms with Gasteiger partial charge in [0, 0.05) is 18.8 Å². The van der Waals surface area contributed by atoms with Crippen molar-refractivity contribution >= 4 is 23.0 Å². The van der Waals surface area contributed by atoms with Crippen LogP contribution in [0.1, 0.15) is 25.0 Å². The molecule has 1 atom stereocenters. The summed E-state index contributed by atoms with van der Waals surface area (Å²) in [5.74, 6) is 0. The molecule has 2 aromatic carbocycles. The fourth-order valence-corrected chi connectivity index (χ4v) is 2.75. The highest BCUT2D eigenvalue weighted by molar-refractivity contribution is 6.33. The lowest BCUT2D eigenvalue weighted by Crippen LogP contribution is -2.18. The molecule has 0 aliphatic carbocycles. The molecule has 0 saturated heterocycles. The van der Waals surface area contributed by atoms with Crippen LogP contribution >= 0.6 is 11.6 Å². The first-order valence-electron chi connectivity index (χ1n) is 7.38. The first-order chi connectivity index (χ1) is 10.0. The maximum absolute atomic E-state index is 6.43. The van der Waals surface area contributed by atoms with Crippen LogP contribution in [0, 0.1) is 0 Å². The van der Waals surface area contributed by atoms with Gasteiger partial charge in [-0.2, -0.15) is 0 Å². The minimum absolute atomic E-state index is 0.145. The van der Waals surface area contributed by atoms with Crippen molar-refractivity contribution < 1.29 is 0 Å². The van der Waals surface area contributed by atoms with Crippen LogP contribution in [0.3, 0.4) is 0 Å². The highest BCUT2D eigenvalue weighted by Gasteiger charge is 2.09. The van der Waals surface area contributed by atoms with Crippen LogP contribution in [0.5, 0.6) is 0 Å². The first-order valence-corrected chi connectivity index (χ1v) is 7.75. The maximum Gasteiger partial charge on any atom is 0.0645 e. The second-order valence-corrected chi connectivity index (χ2v) is 5.95. The van der Waals surface area contributed by atoms with Gasteiger partial charge in [0.2, 0.25) is 0 Å². The molecule has 2 N–H and O–H groups in total. The Morgan fingerprint density at radius 1 is 1.10 bits per heavy atom. The van der Waals surface area contributed by atoms with Gasteiger partial charge in [-0.15, -0.1) is 0 Å². The van der Waals surface area contributed by atoms with Crippen molar-refractivity contribution in [1.29, 1.82) is 0 Å². The summed E-state index contributed by atoms with van der Waals surface area (Å²) in [6.45, 7) is 4.16. The lowest BCUT2D eigenvalue weighted by Gasteiger charge is -2.22. The Hall–Kier alpha value is -1.51. The predicted molar refractivity (Wildman–Crippen MR) is 92.7 cm³/mol. The van der Waals surface area contributed by atoms with Gasteiger partial charge in [-0.3, -0.25) is 0 Å². The van der Waals surface area contributed by atoms with Gasteiger partial charge in [0.1, 0.15) is 0 Å². The van der Waals surface area contributed by atoms with Crippen molar-refractivity contribution in [3.05, 3.63) is 58.6 Å². The topological polar surface area (TPSA) is 29.3 Å². The van der Waals surface area contributed by atoms with Gasteiger partial charge in [0.15, 0.2) is 0 Å². The van der Waals surface area contributed by atoms with Crippen molar-refractivity contribution in [1.82, 2.24) is 0 Å². The van der Waals surface area contributed by atoms with Gasteiger partial charge in [0.05, 0.1) is 10.7 Å². The van der Waals surface area contributed by atoms with E-state index in [-0.39, 0.29) is 6.04 Å². The molecule has 0 aliphatic rings. The van der Waals surface area contributed by atoms with E-state index in [0.29, 0.717) is 0 Å². The van der Waals surface area contributed by atoms with Gasteiger partial charge in [-0.25, -0.2) is 0 Å². The smallest absolute Gasteiger partial charge is 0.0645 e. The summed E-state index contributed by atoms with van der Waals surface area (Å²) in [6.07, 6.45) is 1.89. The van der Waals surface area contributed by atoms with E-state index in [4.69, 9.17) is 17.3 Å². The summed E-state index contributed by atoms with van der Waals surface area (Å²) in [5.41, 5.74) is 10.5. The van der Waals surface area contributed by atoms with E-state index >= 15 is 0 Å². The Kier molecular flexibility index (Phi) is 5.27. The predicted octanol–water partition coefficient (Wildman–Crippen LogP) is 4.56. The second-order valence-electron chi connectivity index (χ2n) is 5.55. The Balaban J connectivity index is 2.23. The number of hydrogen-bond acceptors (Lipinski definition) is 2. The summed E-state index contributed by atoms with van der Waals surface area (Å²) in [4.78, 5) is 2.11. The summed E-state index contributed by atoms with van der Waals surface area (Å²) in [5, 5.41) is 0.759. The summed E-state index contributed by atoms with van der Waals surface area (Å²) in [6, 6.07) is 14.9. The molecule has 0 aromatic heterocycles. The summed E-state index contributed by atoms with van der Waals surface area (Å²) in [7, 11) is 2.04. The minimum Gasteiger partial charge on any atom is -0.343 e. The molecule has 0 fully saturated rings.